The van der Waals surface area contributed by atoms with Crippen molar-refractivity contribution in [3.63, 3.8) is 0 Å². The van der Waals surface area contributed by atoms with Crippen molar-refractivity contribution in [2.45, 2.75) is 13.3 Å². The number of nitrogens with zero attached hydrogens (tertiary/aromatic N) is 3. The number of aromatic nitrogens is 1. The second-order valence-corrected chi connectivity index (χ2v) is 8.32. The summed E-state index contributed by atoms with van der Waals surface area (Å²) in [5.74, 6) is 0.950. The summed E-state index contributed by atoms with van der Waals surface area (Å²) in [5, 5.41) is 0. The van der Waals surface area contributed by atoms with E-state index in [2.05, 4.69) is 26.4 Å². The molecule has 0 radical (unpaired) electrons. The van der Waals surface area contributed by atoms with Crippen molar-refractivity contribution in [2.24, 2.45) is 0 Å². The number of benzene rings is 1. The van der Waals surface area contributed by atoms with Crippen molar-refractivity contribution in [2.75, 3.05) is 48.1 Å². The number of hydrogen-bond donors (Lipinski definition) is 1. The highest BCUT2D eigenvalue weighted by atomic mass is 32.2. The highest BCUT2D eigenvalue weighted by Crippen LogP contribution is 2.17. The van der Waals surface area contributed by atoms with E-state index in [9.17, 15) is 8.42 Å². The lowest BCUT2D eigenvalue weighted by Crippen LogP contribution is -2.46. The number of pyridine rings is 1. The van der Waals surface area contributed by atoms with Gasteiger partial charge in [0.15, 0.2) is 0 Å². The average molecular weight is 375 g/mol. The van der Waals surface area contributed by atoms with E-state index in [0.717, 1.165) is 44.1 Å². The Morgan fingerprint density at radius 1 is 1.04 bits per heavy atom. The van der Waals surface area contributed by atoms with Gasteiger partial charge in [0.1, 0.15) is 5.82 Å². The molecule has 6 nitrogen and oxygen atoms in total. The number of aryl methyl sites for hydroxylation is 1. The fourth-order valence-corrected chi connectivity index (χ4v) is 4.14. The van der Waals surface area contributed by atoms with E-state index in [1.165, 1.54) is 0 Å². The molecule has 26 heavy (non-hydrogen) atoms. The summed E-state index contributed by atoms with van der Waals surface area (Å²) in [6, 6.07) is 13.3. The van der Waals surface area contributed by atoms with Crippen LogP contribution in [0.15, 0.2) is 48.7 Å². The third-order valence-corrected chi connectivity index (χ3v) is 5.96. The number of sulfonamides is 1. The Labute approximate surface area is 155 Å². The molecule has 1 aromatic heterocycles. The first-order chi connectivity index (χ1) is 12.6. The van der Waals surface area contributed by atoms with E-state index in [1.54, 1.807) is 12.3 Å². The molecule has 7 heteroatoms. The highest BCUT2D eigenvalue weighted by Gasteiger charge is 2.17. The lowest BCUT2D eigenvalue weighted by atomic mass is 10.2. The maximum atomic E-state index is 12.3. The molecule has 1 aliphatic rings. The van der Waals surface area contributed by atoms with Gasteiger partial charge in [0.2, 0.25) is 10.0 Å². The monoisotopic (exact) mass is 374 g/mol. The van der Waals surface area contributed by atoms with Crippen LogP contribution >= 0.6 is 0 Å². The molecule has 1 aliphatic heterocycles. The molecule has 0 amide bonds. The van der Waals surface area contributed by atoms with Gasteiger partial charge in [-0.2, -0.15) is 0 Å². The van der Waals surface area contributed by atoms with Gasteiger partial charge in [0, 0.05) is 26.2 Å². The smallest absolute Gasteiger partial charge is 0.233 e. The minimum Gasteiger partial charge on any atom is -0.354 e. The first-order valence-electron chi connectivity index (χ1n) is 9.03. The van der Waals surface area contributed by atoms with Crippen LogP contribution in [0.2, 0.25) is 0 Å². The molecule has 1 aromatic carbocycles. The molecule has 140 valence electrons. The van der Waals surface area contributed by atoms with Crippen molar-refractivity contribution in [1.82, 2.24) is 9.88 Å². The van der Waals surface area contributed by atoms with Crippen molar-refractivity contribution >= 4 is 21.5 Å². The molecule has 0 saturated carbocycles. The predicted octanol–water partition coefficient (Wildman–Crippen LogP) is 2.21. The van der Waals surface area contributed by atoms with Crippen molar-refractivity contribution < 1.29 is 8.42 Å². The molecule has 0 spiro atoms. The summed E-state index contributed by atoms with van der Waals surface area (Å²) < 4.78 is 27.2. The molecule has 0 atom stereocenters. The Kier molecular flexibility index (Phi) is 6.11. The number of hydrogen-bond acceptors (Lipinski definition) is 5. The van der Waals surface area contributed by atoms with Crippen LogP contribution in [0.5, 0.6) is 0 Å². The fourth-order valence-electron chi connectivity index (χ4n) is 3.05. The summed E-state index contributed by atoms with van der Waals surface area (Å²) in [5.41, 5.74) is 1.52. The van der Waals surface area contributed by atoms with Crippen LogP contribution in [-0.4, -0.2) is 56.8 Å². The minimum atomic E-state index is -3.39. The molecule has 1 N–H and O–H groups in total. The molecule has 1 fully saturated rings. The zero-order chi connectivity index (χ0) is 18.4. The van der Waals surface area contributed by atoms with Crippen LogP contribution in [0.4, 0.5) is 11.5 Å². The van der Waals surface area contributed by atoms with E-state index in [1.807, 2.05) is 36.4 Å². The first kappa shape index (κ1) is 18.7. The average Bonchev–Trinajstić information content (AvgIpc) is 2.68. The Hall–Kier alpha value is -2.12. The van der Waals surface area contributed by atoms with Crippen molar-refractivity contribution in [1.29, 1.82) is 0 Å². The third kappa shape index (κ3) is 5.19. The SMILES string of the molecule is CCN1CCN(c2ccc(NS(=O)(=O)CCc3ccccc3)cn2)CC1. The molecule has 1 saturated heterocycles. The Bertz CT molecular complexity index is 786. The Morgan fingerprint density at radius 3 is 2.38 bits per heavy atom. The van der Waals surface area contributed by atoms with Gasteiger partial charge >= 0.3 is 0 Å². The fraction of sp³-hybridized carbons (Fsp3) is 0.421. The van der Waals surface area contributed by atoms with Crippen LogP contribution < -0.4 is 9.62 Å². The highest BCUT2D eigenvalue weighted by molar-refractivity contribution is 7.92. The second-order valence-electron chi connectivity index (χ2n) is 6.48. The van der Waals surface area contributed by atoms with E-state index in [0.29, 0.717) is 12.1 Å². The van der Waals surface area contributed by atoms with E-state index < -0.39 is 10.0 Å². The summed E-state index contributed by atoms with van der Waals surface area (Å²) in [7, 11) is -3.39. The van der Waals surface area contributed by atoms with Crippen LogP contribution in [0.1, 0.15) is 12.5 Å². The standard InChI is InChI=1S/C19H26N4O2S/c1-2-22-11-13-23(14-12-22)19-9-8-18(16-20-19)21-26(24,25)15-10-17-6-4-3-5-7-17/h3-9,16,21H,2,10-15H2,1H3. The lowest BCUT2D eigenvalue weighted by molar-refractivity contribution is 0.270. The van der Waals surface area contributed by atoms with Crippen LogP contribution in [-0.2, 0) is 16.4 Å². The molecule has 0 bridgehead atoms. The maximum absolute atomic E-state index is 12.3. The van der Waals surface area contributed by atoms with E-state index in [-0.39, 0.29) is 5.75 Å². The van der Waals surface area contributed by atoms with Gasteiger partial charge in [-0.15, -0.1) is 0 Å². The summed E-state index contributed by atoms with van der Waals surface area (Å²) in [4.78, 5) is 9.08. The topological polar surface area (TPSA) is 65.5 Å². The molecule has 0 unspecified atom stereocenters. The third-order valence-electron chi connectivity index (χ3n) is 4.67. The maximum Gasteiger partial charge on any atom is 0.233 e. The molecule has 3 rings (SSSR count). The molecule has 2 heterocycles. The van der Waals surface area contributed by atoms with E-state index >= 15 is 0 Å². The number of nitrogens with one attached hydrogen (secondary N) is 1. The van der Waals surface area contributed by atoms with Gasteiger partial charge < -0.3 is 9.80 Å². The number of piperazine rings is 1. The predicted molar refractivity (Wildman–Crippen MR) is 106 cm³/mol. The summed E-state index contributed by atoms with van der Waals surface area (Å²) in [6.07, 6.45) is 2.09. The summed E-state index contributed by atoms with van der Waals surface area (Å²) >= 11 is 0. The van der Waals surface area contributed by atoms with Gasteiger partial charge in [0.25, 0.3) is 0 Å². The molecule has 0 aliphatic carbocycles. The second kappa shape index (κ2) is 8.51. The molecule has 2 aromatic rings. The minimum absolute atomic E-state index is 0.0533. The molecular formula is C19H26N4O2S. The quantitative estimate of drug-likeness (QED) is 0.805. The van der Waals surface area contributed by atoms with Gasteiger partial charge in [-0.3, -0.25) is 4.72 Å². The first-order valence-corrected chi connectivity index (χ1v) is 10.7. The summed E-state index contributed by atoms with van der Waals surface area (Å²) in [6.45, 7) is 7.21. The number of rotatable bonds is 7. The molecular weight excluding hydrogens is 348 g/mol. The normalized spacial score (nSPS) is 15.8. The van der Waals surface area contributed by atoms with Crippen molar-refractivity contribution in [3.8, 4) is 0 Å². The lowest BCUT2D eigenvalue weighted by Gasteiger charge is -2.34. The van der Waals surface area contributed by atoms with Crippen LogP contribution in [0.25, 0.3) is 0 Å². The van der Waals surface area contributed by atoms with Gasteiger partial charge in [-0.1, -0.05) is 37.3 Å². The zero-order valence-corrected chi connectivity index (χ0v) is 16.0. The van der Waals surface area contributed by atoms with Crippen molar-refractivity contribution in [3.05, 3.63) is 54.2 Å². The van der Waals surface area contributed by atoms with Gasteiger partial charge in [0.05, 0.1) is 17.6 Å². The van der Waals surface area contributed by atoms with Crippen LogP contribution in [0, 0.1) is 0 Å². The largest absolute Gasteiger partial charge is 0.354 e. The van der Waals surface area contributed by atoms with E-state index in [4.69, 9.17) is 0 Å². The van der Waals surface area contributed by atoms with Crippen LogP contribution in [0.3, 0.4) is 0 Å². The van der Waals surface area contributed by atoms with Gasteiger partial charge in [-0.25, -0.2) is 13.4 Å². The Morgan fingerprint density at radius 2 is 1.77 bits per heavy atom. The Balaban J connectivity index is 1.55. The number of anilines is 2. The zero-order valence-electron chi connectivity index (χ0n) is 15.1. The van der Waals surface area contributed by atoms with Gasteiger partial charge in [-0.05, 0) is 30.7 Å². The number of likely N-dealkylation sites (N-methyl/N-ethyl adjacent to an activating group) is 1.